The molecule has 0 aliphatic rings. The van der Waals surface area contributed by atoms with Gasteiger partial charge < -0.3 is 15.6 Å². The van der Waals surface area contributed by atoms with Crippen LogP contribution in [0.4, 0.5) is 0 Å². The van der Waals surface area contributed by atoms with E-state index in [9.17, 15) is 22.6 Å². The van der Waals surface area contributed by atoms with Gasteiger partial charge in [0.2, 0.25) is 21.8 Å². The Morgan fingerprint density at radius 3 is 2.26 bits per heavy atom. The second kappa shape index (κ2) is 11.6. The van der Waals surface area contributed by atoms with E-state index in [0.29, 0.717) is 18.2 Å². The van der Waals surface area contributed by atoms with Gasteiger partial charge in [-0.3, -0.25) is 14.2 Å². The second-order valence-corrected chi connectivity index (χ2v) is 15.7. The Kier molecular flexibility index (Phi) is 8.64. The number of nitrogens with two attached hydrogens (primary N) is 1. The monoisotopic (exact) mass is 575 g/mol. The summed E-state index contributed by atoms with van der Waals surface area (Å²) in [5, 5.41) is 8.20. The Morgan fingerprint density at radius 1 is 1.00 bits per heavy atom. The van der Waals surface area contributed by atoms with Crippen LogP contribution in [-0.2, 0) is 28.7 Å². The minimum atomic E-state index is -3.81. The number of sulfonamides is 1. The summed E-state index contributed by atoms with van der Waals surface area (Å²) in [7, 11) is -2.54. The van der Waals surface area contributed by atoms with Crippen molar-refractivity contribution in [2.45, 2.75) is 30.2 Å². The Morgan fingerprint density at radius 2 is 1.63 bits per heavy atom. The van der Waals surface area contributed by atoms with E-state index in [4.69, 9.17) is 10.3 Å². The average Bonchev–Trinajstić information content (AvgIpc) is 2.90. The van der Waals surface area contributed by atoms with Gasteiger partial charge in [0.15, 0.2) is 0 Å². The molecule has 9 nitrogen and oxygen atoms in total. The summed E-state index contributed by atoms with van der Waals surface area (Å²) in [6.07, 6.45) is 2.28. The molecule has 0 heterocycles. The number of primary amides is 1. The van der Waals surface area contributed by atoms with E-state index in [1.54, 1.807) is 12.3 Å². The van der Waals surface area contributed by atoms with Crippen molar-refractivity contribution in [1.29, 1.82) is 0 Å². The molecule has 202 valence electrons. The van der Waals surface area contributed by atoms with Gasteiger partial charge in [-0.1, -0.05) is 59.9 Å². The normalized spacial score (nSPS) is 14.6. The molecule has 1 unspecified atom stereocenters. The lowest BCUT2D eigenvalue weighted by Gasteiger charge is -2.18. The van der Waals surface area contributed by atoms with Crippen LogP contribution in [0.3, 0.4) is 0 Å². The molecule has 38 heavy (non-hydrogen) atoms. The van der Waals surface area contributed by atoms with E-state index in [-0.39, 0.29) is 24.0 Å². The number of carbonyl (C=O) groups excluding carboxylic acids is 2. The highest BCUT2D eigenvalue weighted by atomic mass is 32.7. The molecule has 0 bridgehead atoms. The molecule has 0 fully saturated rings. The molecule has 0 aliphatic carbocycles. The average molecular weight is 576 g/mol. The van der Waals surface area contributed by atoms with Gasteiger partial charge in [0.25, 0.3) is 6.57 Å². The summed E-state index contributed by atoms with van der Waals surface area (Å²) in [6.45, 7) is -3.02. The Bertz CT molecular complexity index is 1620. The topological polar surface area (TPSA) is 145 Å². The van der Waals surface area contributed by atoms with Gasteiger partial charge in [-0.25, -0.2) is 13.1 Å². The molecule has 2 amide bonds. The van der Waals surface area contributed by atoms with Crippen LogP contribution in [0.1, 0.15) is 19.3 Å². The molecule has 0 radical (unpaired) electrons. The lowest BCUT2D eigenvalue weighted by Crippen LogP contribution is -2.45. The fourth-order valence-electron chi connectivity index (χ4n) is 4.61. The van der Waals surface area contributed by atoms with Crippen LogP contribution in [0, 0.1) is 0 Å². The third-order valence-corrected chi connectivity index (χ3v) is 12.4. The Hall–Kier alpha value is -2.69. The summed E-state index contributed by atoms with van der Waals surface area (Å²) in [5.74, 6) is -1.31. The highest BCUT2D eigenvalue weighted by Gasteiger charge is 2.27. The minimum Gasteiger partial charge on any atom is -0.368 e. The number of hydrogen-bond donors (Lipinski definition) is 3. The van der Waals surface area contributed by atoms with Crippen LogP contribution in [-0.4, -0.2) is 52.3 Å². The molecule has 0 spiro atoms. The zero-order chi connectivity index (χ0) is 27.5. The van der Waals surface area contributed by atoms with Crippen molar-refractivity contribution >= 4 is 72.1 Å². The first-order valence-corrected chi connectivity index (χ1v) is 17.2. The van der Waals surface area contributed by atoms with Crippen molar-refractivity contribution in [3.63, 3.8) is 0 Å². The molecule has 0 aromatic heterocycles. The first-order chi connectivity index (χ1) is 18.1. The molecular weight excluding hydrogens is 545 g/mol. The number of benzene rings is 4. The van der Waals surface area contributed by atoms with Gasteiger partial charge in [-0.15, -0.1) is 0 Å². The predicted octanol–water partition coefficient (Wildman–Crippen LogP) is 4.21. The molecule has 0 saturated carbocycles. The highest BCUT2D eigenvalue weighted by molar-refractivity contribution is 8.56. The molecule has 4 N–H and O–H groups in total. The zero-order valence-corrected chi connectivity index (χ0v) is 23.6. The number of hydrogen-bond acceptors (Lipinski definition) is 7. The third-order valence-electron chi connectivity index (χ3n) is 6.56. The third kappa shape index (κ3) is 5.97. The van der Waals surface area contributed by atoms with E-state index < -0.39 is 34.5 Å². The largest absolute Gasteiger partial charge is 0.368 e. The fourth-order valence-corrected chi connectivity index (χ4v) is 7.92. The molecular formula is C26H30N3O6PS2. The second-order valence-electron chi connectivity index (χ2n) is 8.97. The van der Waals surface area contributed by atoms with E-state index in [0.717, 1.165) is 38.3 Å². The smallest absolute Gasteiger partial charge is 0.266 e. The van der Waals surface area contributed by atoms with Crippen LogP contribution in [0.2, 0.25) is 0 Å². The van der Waals surface area contributed by atoms with Gasteiger partial charge in [-0.05, 0) is 58.5 Å². The number of unbranched alkanes of at least 4 members (excludes halogenated alkanes) is 1. The molecule has 4 aromatic rings. The Balaban J connectivity index is 1.40. The Labute approximate surface area is 225 Å². The van der Waals surface area contributed by atoms with Crippen molar-refractivity contribution in [3.8, 4) is 0 Å². The number of nitrogens with one attached hydrogen (secondary N) is 2. The van der Waals surface area contributed by atoms with Crippen molar-refractivity contribution in [2.24, 2.45) is 5.73 Å². The number of carbonyl (C=O) groups is 2. The summed E-state index contributed by atoms with van der Waals surface area (Å²) in [5.41, 5.74) is 5.42. The zero-order valence-electron chi connectivity index (χ0n) is 21.1. The summed E-state index contributed by atoms with van der Waals surface area (Å²) in [4.78, 5) is 24.2. The van der Waals surface area contributed by atoms with Gasteiger partial charge in [0, 0.05) is 19.0 Å². The van der Waals surface area contributed by atoms with E-state index >= 15 is 0 Å². The number of rotatable bonds is 13. The summed E-state index contributed by atoms with van der Waals surface area (Å²) >= 11 is 0.954. The SMILES string of the molecule is COP(=O)(CC(=O)N[C@@H](CCCCNS(=O)(=O)c1ccc2ccc3cccc4ccc1c2c34)C(N)=O)SC. The van der Waals surface area contributed by atoms with Crippen LogP contribution in [0.15, 0.2) is 59.5 Å². The highest BCUT2D eigenvalue weighted by Crippen LogP contribution is 2.57. The maximum absolute atomic E-state index is 13.2. The standard InChI is InChI=1S/C26H30N3O6PS2/c1-35-36(32,37-2)16-23(30)29-21(26(27)31)8-3-4-15-28-38(33,34)22-14-12-19-10-9-17-6-5-7-18-11-13-20(22)25(19)24(17)18/h5-7,9-14,21,28H,3-4,8,15-16H2,1-2H3,(H2,27,31)(H,29,30)/t21-,36?/m0/s1. The molecule has 4 aromatic carbocycles. The van der Waals surface area contributed by atoms with E-state index in [1.807, 2.05) is 48.5 Å². The molecule has 4 rings (SSSR count). The van der Waals surface area contributed by atoms with Crippen molar-refractivity contribution < 1.29 is 27.1 Å². The van der Waals surface area contributed by atoms with Crippen LogP contribution in [0.5, 0.6) is 0 Å². The first-order valence-electron chi connectivity index (χ1n) is 12.0. The van der Waals surface area contributed by atoms with Crippen molar-refractivity contribution in [3.05, 3.63) is 54.6 Å². The molecule has 0 aliphatic heterocycles. The van der Waals surface area contributed by atoms with Crippen molar-refractivity contribution in [1.82, 2.24) is 10.0 Å². The number of amides is 2. The minimum absolute atomic E-state index is 0.148. The van der Waals surface area contributed by atoms with Gasteiger partial charge in [-0.2, -0.15) is 0 Å². The lowest BCUT2D eigenvalue weighted by molar-refractivity contribution is -0.126. The van der Waals surface area contributed by atoms with Crippen LogP contribution in [0.25, 0.3) is 32.3 Å². The van der Waals surface area contributed by atoms with Crippen LogP contribution >= 0.6 is 18.0 Å². The van der Waals surface area contributed by atoms with E-state index in [2.05, 4.69) is 10.0 Å². The summed E-state index contributed by atoms with van der Waals surface area (Å²) in [6, 6.07) is 16.3. The quantitative estimate of drug-likeness (QED) is 0.123. The van der Waals surface area contributed by atoms with Crippen molar-refractivity contribution in [2.75, 3.05) is 26.1 Å². The molecule has 12 heteroatoms. The van der Waals surface area contributed by atoms with Gasteiger partial charge in [0.1, 0.15) is 12.2 Å². The summed E-state index contributed by atoms with van der Waals surface area (Å²) < 4.78 is 46.3. The van der Waals surface area contributed by atoms with E-state index in [1.165, 1.54) is 7.11 Å². The maximum Gasteiger partial charge on any atom is 0.266 e. The molecule has 0 saturated heterocycles. The van der Waals surface area contributed by atoms with Crippen LogP contribution < -0.4 is 15.8 Å². The van der Waals surface area contributed by atoms with Gasteiger partial charge >= 0.3 is 0 Å². The molecule has 2 atom stereocenters. The predicted molar refractivity (Wildman–Crippen MR) is 153 cm³/mol. The maximum atomic E-state index is 13.2. The first kappa shape index (κ1) is 28.3. The lowest BCUT2D eigenvalue weighted by atomic mass is 9.94. The fraction of sp³-hybridized carbons (Fsp3) is 0.308. The van der Waals surface area contributed by atoms with Gasteiger partial charge in [0.05, 0.1) is 4.90 Å².